The van der Waals surface area contributed by atoms with Crippen LogP contribution < -0.4 is 10.2 Å². The molecule has 1 aromatic carbocycles. The van der Waals surface area contributed by atoms with E-state index in [2.05, 4.69) is 10.4 Å². The molecule has 0 unspecified atom stereocenters. The van der Waals surface area contributed by atoms with E-state index >= 15 is 0 Å². The Balaban J connectivity index is 2.39. The first-order chi connectivity index (χ1) is 11.5. The minimum Gasteiger partial charge on any atom is -0.346 e. The summed E-state index contributed by atoms with van der Waals surface area (Å²) in [5.74, 6) is -0.421. The van der Waals surface area contributed by atoms with E-state index < -0.39 is 0 Å². The topological polar surface area (TPSA) is 51.4 Å². The van der Waals surface area contributed by atoms with Crippen molar-refractivity contribution in [2.75, 3.05) is 27.2 Å². The molecule has 0 fully saturated rings. The predicted octanol–water partition coefficient (Wildman–Crippen LogP) is 1.01. The van der Waals surface area contributed by atoms with Gasteiger partial charge in [0.05, 0.1) is 49.8 Å². The average molecular weight is 333 g/mol. The molecule has 0 aliphatic carbocycles. The fraction of sp³-hybridized carbons (Fsp3) is 0.444. The number of rotatable bonds is 7. The number of nitrogens with zero attached hydrogens (tertiary/aromatic N) is 2. The van der Waals surface area contributed by atoms with Crippen molar-refractivity contribution in [2.24, 2.45) is 0 Å². The molecule has 0 radical (unpaired) electrons. The van der Waals surface area contributed by atoms with E-state index in [1.807, 2.05) is 27.9 Å². The molecule has 6 heteroatoms. The van der Waals surface area contributed by atoms with Crippen molar-refractivity contribution in [2.45, 2.75) is 26.7 Å². The Morgan fingerprint density at radius 3 is 2.62 bits per heavy atom. The van der Waals surface area contributed by atoms with Crippen LogP contribution in [0.15, 0.2) is 24.3 Å². The number of hydrogen-bond donors (Lipinski definition) is 2. The molecule has 1 heterocycles. The molecular weight excluding hydrogens is 307 g/mol. The second kappa shape index (κ2) is 8.06. The minimum atomic E-state index is -0.317. The van der Waals surface area contributed by atoms with Crippen LogP contribution in [0.4, 0.5) is 4.39 Å². The monoisotopic (exact) mass is 333 g/mol. The fourth-order valence-corrected chi connectivity index (χ4v) is 2.68. The molecule has 2 aromatic rings. The molecule has 24 heavy (non-hydrogen) atoms. The zero-order valence-electron chi connectivity index (χ0n) is 14.8. The number of hydrogen-bond acceptors (Lipinski definition) is 2. The second-order valence-electron chi connectivity index (χ2n) is 6.08. The molecule has 0 aliphatic heterocycles. The van der Waals surface area contributed by atoms with Crippen LogP contribution >= 0.6 is 0 Å². The van der Waals surface area contributed by atoms with Crippen LogP contribution in [0, 0.1) is 5.82 Å². The zero-order valence-corrected chi connectivity index (χ0v) is 14.8. The van der Waals surface area contributed by atoms with Gasteiger partial charge in [-0.2, -0.15) is 5.10 Å². The first kappa shape index (κ1) is 18.1. The molecule has 5 nitrogen and oxygen atoms in total. The first-order valence-corrected chi connectivity index (χ1v) is 8.41. The van der Waals surface area contributed by atoms with Crippen LogP contribution in [0.25, 0.3) is 5.69 Å². The molecule has 1 aromatic heterocycles. The quantitative estimate of drug-likeness (QED) is 0.795. The molecule has 0 spiro atoms. The number of halogens is 1. The van der Waals surface area contributed by atoms with Crippen LogP contribution in [-0.4, -0.2) is 42.9 Å². The van der Waals surface area contributed by atoms with Gasteiger partial charge in [0.15, 0.2) is 0 Å². The molecule has 0 atom stereocenters. The Hall–Kier alpha value is -2.21. The lowest BCUT2D eigenvalue weighted by Crippen LogP contribution is -3.06. The Labute approximate surface area is 142 Å². The summed E-state index contributed by atoms with van der Waals surface area (Å²) in [4.78, 5) is 13.9. The second-order valence-corrected chi connectivity index (χ2v) is 6.08. The van der Waals surface area contributed by atoms with E-state index in [1.54, 1.807) is 16.8 Å². The molecule has 2 N–H and O–H groups in total. The van der Waals surface area contributed by atoms with Crippen LogP contribution in [-0.2, 0) is 12.8 Å². The molecule has 0 saturated carbocycles. The Morgan fingerprint density at radius 2 is 2.04 bits per heavy atom. The summed E-state index contributed by atoms with van der Waals surface area (Å²) in [6.07, 6.45) is 1.29. The predicted molar refractivity (Wildman–Crippen MR) is 92.3 cm³/mol. The maximum absolute atomic E-state index is 13.6. The van der Waals surface area contributed by atoms with Crippen LogP contribution in [0.5, 0.6) is 0 Å². The van der Waals surface area contributed by atoms with Crippen molar-refractivity contribution in [3.8, 4) is 5.69 Å². The van der Waals surface area contributed by atoms with Gasteiger partial charge in [-0.1, -0.05) is 19.9 Å². The summed E-state index contributed by atoms with van der Waals surface area (Å²) in [5.41, 5.74) is 2.81. The van der Waals surface area contributed by atoms with Gasteiger partial charge in [-0.25, -0.2) is 9.07 Å². The van der Waals surface area contributed by atoms with Crippen LogP contribution in [0.1, 0.15) is 35.6 Å². The fourth-order valence-electron chi connectivity index (χ4n) is 2.68. The highest BCUT2D eigenvalue weighted by molar-refractivity contribution is 5.96. The third-order valence-electron chi connectivity index (χ3n) is 3.91. The molecule has 2 rings (SSSR count). The van der Waals surface area contributed by atoms with Crippen molar-refractivity contribution in [3.63, 3.8) is 0 Å². The number of carbonyl (C=O) groups is 1. The van der Waals surface area contributed by atoms with Gasteiger partial charge >= 0.3 is 0 Å². The van der Waals surface area contributed by atoms with Gasteiger partial charge in [-0.05, 0) is 31.0 Å². The van der Waals surface area contributed by atoms with E-state index in [9.17, 15) is 9.18 Å². The van der Waals surface area contributed by atoms with E-state index in [1.165, 1.54) is 17.0 Å². The van der Waals surface area contributed by atoms with Gasteiger partial charge in [0.2, 0.25) is 0 Å². The maximum atomic E-state index is 13.6. The zero-order chi connectivity index (χ0) is 17.7. The van der Waals surface area contributed by atoms with Gasteiger partial charge in [0, 0.05) is 0 Å². The number of amides is 1. The van der Waals surface area contributed by atoms with Crippen molar-refractivity contribution in [1.82, 2.24) is 15.1 Å². The molecule has 1 amide bonds. The number of aromatic nitrogens is 2. The van der Waals surface area contributed by atoms with Crippen LogP contribution in [0.2, 0.25) is 0 Å². The van der Waals surface area contributed by atoms with E-state index in [-0.39, 0.29) is 11.7 Å². The van der Waals surface area contributed by atoms with Gasteiger partial charge < -0.3 is 10.2 Å². The third kappa shape index (κ3) is 4.00. The van der Waals surface area contributed by atoms with Crippen LogP contribution in [0.3, 0.4) is 0 Å². The highest BCUT2D eigenvalue weighted by Gasteiger charge is 2.22. The summed E-state index contributed by atoms with van der Waals surface area (Å²) < 4.78 is 15.2. The first-order valence-electron chi connectivity index (χ1n) is 8.41. The minimum absolute atomic E-state index is 0.104. The third-order valence-corrected chi connectivity index (χ3v) is 3.91. The van der Waals surface area contributed by atoms with Crippen molar-refractivity contribution in [1.29, 1.82) is 0 Å². The summed E-state index contributed by atoms with van der Waals surface area (Å²) in [6, 6.07) is 6.28. The molecular formula is C18H26FN4O+. The Morgan fingerprint density at radius 1 is 1.29 bits per heavy atom. The van der Waals surface area contributed by atoms with Crippen molar-refractivity contribution >= 4 is 5.91 Å². The highest BCUT2D eigenvalue weighted by atomic mass is 19.1. The average Bonchev–Trinajstić information content (AvgIpc) is 2.93. The number of likely N-dealkylation sites (N-methyl/N-ethyl adjacent to an activating group) is 1. The Bertz CT molecular complexity index is 709. The van der Waals surface area contributed by atoms with Gasteiger partial charge in [0.25, 0.3) is 5.91 Å². The van der Waals surface area contributed by atoms with E-state index in [4.69, 9.17) is 0 Å². The lowest BCUT2D eigenvalue weighted by atomic mass is 10.1. The number of nitrogens with one attached hydrogen (secondary N) is 2. The molecule has 130 valence electrons. The maximum Gasteiger partial charge on any atom is 0.255 e. The number of quaternary nitrogens is 1. The summed E-state index contributed by atoms with van der Waals surface area (Å²) >= 11 is 0. The number of carbonyl (C=O) groups excluding carboxylic acids is 1. The van der Waals surface area contributed by atoms with Gasteiger partial charge in [0.1, 0.15) is 5.82 Å². The summed E-state index contributed by atoms with van der Waals surface area (Å²) in [7, 11) is 4.09. The standard InChI is InChI=1S/C18H25FN4O/c1-5-15-17(18(24)20-10-11-22(3)4)16(6-2)23(21-15)14-9-7-8-13(19)12-14/h7-9,12H,5-6,10-11H2,1-4H3,(H,20,24)/p+1. The lowest BCUT2D eigenvalue weighted by molar-refractivity contribution is -0.856. The van der Waals surface area contributed by atoms with Crippen molar-refractivity contribution < 1.29 is 14.1 Å². The van der Waals surface area contributed by atoms with Gasteiger partial charge in [-0.15, -0.1) is 0 Å². The number of benzene rings is 1. The highest BCUT2D eigenvalue weighted by Crippen LogP contribution is 2.21. The summed E-state index contributed by atoms with van der Waals surface area (Å²) in [6.45, 7) is 5.41. The Kier molecular flexibility index (Phi) is 6.09. The van der Waals surface area contributed by atoms with Gasteiger partial charge in [-0.3, -0.25) is 4.79 Å². The number of aryl methyl sites for hydroxylation is 1. The molecule has 0 bridgehead atoms. The van der Waals surface area contributed by atoms with Crippen molar-refractivity contribution in [3.05, 3.63) is 47.0 Å². The largest absolute Gasteiger partial charge is 0.346 e. The normalized spacial score (nSPS) is 11.1. The smallest absolute Gasteiger partial charge is 0.255 e. The molecule has 0 aliphatic rings. The summed E-state index contributed by atoms with van der Waals surface area (Å²) in [5, 5.41) is 7.53. The van der Waals surface area contributed by atoms with E-state index in [0.29, 0.717) is 30.6 Å². The lowest BCUT2D eigenvalue weighted by Gasteiger charge is -2.10. The van der Waals surface area contributed by atoms with E-state index in [0.717, 1.165) is 17.9 Å². The molecule has 0 saturated heterocycles. The SMILES string of the molecule is CCc1nn(-c2cccc(F)c2)c(CC)c1C(=O)NCC[NH+](C)C.